The summed E-state index contributed by atoms with van der Waals surface area (Å²) in [5.41, 5.74) is 9.83. The Morgan fingerprint density at radius 2 is 2.00 bits per heavy atom. The Labute approximate surface area is 135 Å². The van der Waals surface area contributed by atoms with Gasteiger partial charge in [-0.2, -0.15) is 0 Å². The zero-order chi connectivity index (χ0) is 15.5. The lowest BCUT2D eigenvalue weighted by Gasteiger charge is -2.38. The molecule has 0 amide bonds. The van der Waals surface area contributed by atoms with Crippen LogP contribution in [-0.2, 0) is 0 Å². The molecular formula is C19H31N3. The summed E-state index contributed by atoms with van der Waals surface area (Å²) in [4.78, 5) is 2.67. The van der Waals surface area contributed by atoms with Gasteiger partial charge in [0.1, 0.15) is 0 Å². The van der Waals surface area contributed by atoms with Crippen molar-refractivity contribution in [2.75, 3.05) is 26.2 Å². The first kappa shape index (κ1) is 16.0. The molecule has 0 bridgehead atoms. The molecular weight excluding hydrogens is 270 g/mol. The van der Waals surface area contributed by atoms with Gasteiger partial charge in [-0.1, -0.05) is 43.7 Å². The molecule has 2 saturated heterocycles. The molecule has 2 N–H and O–H groups in total. The molecule has 122 valence electrons. The molecule has 0 aliphatic carbocycles. The Morgan fingerprint density at radius 1 is 1.23 bits per heavy atom. The Balaban J connectivity index is 1.68. The van der Waals surface area contributed by atoms with Crippen molar-refractivity contribution < 1.29 is 0 Å². The minimum Gasteiger partial charge on any atom is -0.303 e. The van der Waals surface area contributed by atoms with Crippen molar-refractivity contribution in [2.45, 2.75) is 45.6 Å². The third-order valence-corrected chi connectivity index (χ3v) is 5.20. The average molecular weight is 301 g/mol. The molecule has 2 heterocycles. The van der Waals surface area contributed by atoms with E-state index in [2.05, 4.69) is 60.8 Å². The van der Waals surface area contributed by atoms with Gasteiger partial charge in [-0.25, -0.2) is 0 Å². The van der Waals surface area contributed by atoms with E-state index < -0.39 is 0 Å². The topological polar surface area (TPSA) is 27.3 Å². The van der Waals surface area contributed by atoms with Crippen LogP contribution in [0.25, 0.3) is 0 Å². The number of nitrogens with zero attached hydrogens (tertiary/aromatic N) is 1. The molecule has 2 aliphatic heterocycles. The van der Waals surface area contributed by atoms with Gasteiger partial charge in [-0.15, -0.1) is 0 Å². The normalized spacial score (nSPS) is 30.1. The van der Waals surface area contributed by atoms with Crippen molar-refractivity contribution in [3.63, 3.8) is 0 Å². The second-order valence-electron chi connectivity index (χ2n) is 7.62. The van der Waals surface area contributed by atoms with Crippen molar-refractivity contribution in [1.82, 2.24) is 15.8 Å². The molecule has 0 spiro atoms. The number of hydrogen-bond donors (Lipinski definition) is 2. The summed E-state index contributed by atoms with van der Waals surface area (Å²) < 4.78 is 0. The number of benzene rings is 1. The van der Waals surface area contributed by atoms with Crippen LogP contribution in [0.3, 0.4) is 0 Å². The summed E-state index contributed by atoms with van der Waals surface area (Å²) in [5.74, 6) is 2.12. The summed E-state index contributed by atoms with van der Waals surface area (Å²) >= 11 is 0. The van der Waals surface area contributed by atoms with Gasteiger partial charge in [0.25, 0.3) is 0 Å². The Hall–Kier alpha value is -0.900. The monoisotopic (exact) mass is 301 g/mol. The van der Waals surface area contributed by atoms with Crippen molar-refractivity contribution in [1.29, 1.82) is 0 Å². The number of hydrazine groups is 1. The number of aryl methyl sites for hydroxylation is 1. The molecule has 1 aromatic rings. The maximum atomic E-state index is 3.59. The Morgan fingerprint density at radius 3 is 2.73 bits per heavy atom. The number of hydrogen-bond acceptors (Lipinski definition) is 3. The predicted octanol–water partition coefficient (Wildman–Crippen LogP) is 2.92. The van der Waals surface area contributed by atoms with E-state index >= 15 is 0 Å². The van der Waals surface area contributed by atoms with Gasteiger partial charge >= 0.3 is 0 Å². The zero-order valence-electron chi connectivity index (χ0n) is 14.3. The summed E-state index contributed by atoms with van der Waals surface area (Å²) in [6.07, 6.45) is 2.70. The van der Waals surface area contributed by atoms with E-state index in [1.807, 2.05) is 0 Å². The molecule has 3 nitrogen and oxygen atoms in total. The summed E-state index contributed by atoms with van der Waals surface area (Å²) in [5, 5.41) is 0. The van der Waals surface area contributed by atoms with Crippen molar-refractivity contribution in [3.05, 3.63) is 35.4 Å². The molecule has 3 rings (SSSR count). The van der Waals surface area contributed by atoms with E-state index in [-0.39, 0.29) is 0 Å². The van der Waals surface area contributed by atoms with Gasteiger partial charge in [-0.05, 0) is 43.7 Å². The fourth-order valence-electron chi connectivity index (χ4n) is 4.17. The average Bonchev–Trinajstić information content (AvgIpc) is 2.97. The van der Waals surface area contributed by atoms with E-state index in [0.717, 1.165) is 18.4 Å². The fraction of sp³-hybridized carbons (Fsp3) is 0.684. The summed E-state index contributed by atoms with van der Waals surface area (Å²) in [6, 6.07) is 9.69. The molecule has 0 radical (unpaired) electrons. The van der Waals surface area contributed by atoms with Crippen LogP contribution in [0.15, 0.2) is 24.3 Å². The standard InChI is InChI=1S/C19H31N3/c1-14(2)12-22-10-4-5-17(13-22)19-18(11-20-21-19)16-8-6-15(3)7-9-16/h6-9,14,17-21H,4-5,10-13H2,1-3H3. The van der Waals surface area contributed by atoms with Crippen LogP contribution in [0.5, 0.6) is 0 Å². The maximum absolute atomic E-state index is 3.59. The third-order valence-electron chi connectivity index (χ3n) is 5.20. The third kappa shape index (κ3) is 3.70. The number of rotatable bonds is 4. The van der Waals surface area contributed by atoms with Crippen molar-refractivity contribution >= 4 is 0 Å². The summed E-state index contributed by atoms with van der Waals surface area (Å²) in [7, 11) is 0. The molecule has 22 heavy (non-hydrogen) atoms. The first-order valence-electron chi connectivity index (χ1n) is 8.91. The van der Waals surface area contributed by atoms with Crippen LogP contribution < -0.4 is 10.9 Å². The molecule has 2 fully saturated rings. The van der Waals surface area contributed by atoms with Gasteiger partial charge in [0.2, 0.25) is 0 Å². The second-order valence-corrected chi connectivity index (χ2v) is 7.62. The van der Waals surface area contributed by atoms with Crippen LogP contribution in [0.1, 0.15) is 43.7 Å². The van der Waals surface area contributed by atoms with E-state index in [0.29, 0.717) is 12.0 Å². The van der Waals surface area contributed by atoms with Crippen LogP contribution in [0.4, 0.5) is 0 Å². The second kappa shape index (κ2) is 7.12. The van der Waals surface area contributed by atoms with Crippen LogP contribution >= 0.6 is 0 Å². The Kier molecular flexibility index (Phi) is 5.17. The lowest BCUT2D eigenvalue weighted by atomic mass is 9.81. The lowest BCUT2D eigenvalue weighted by molar-refractivity contribution is 0.133. The first-order chi connectivity index (χ1) is 10.6. The molecule has 1 aromatic carbocycles. The molecule has 0 aromatic heterocycles. The smallest absolute Gasteiger partial charge is 0.0334 e. The van der Waals surface area contributed by atoms with Crippen LogP contribution in [0, 0.1) is 18.8 Å². The lowest BCUT2D eigenvalue weighted by Crippen LogP contribution is -2.47. The highest BCUT2D eigenvalue weighted by molar-refractivity contribution is 5.27. The molecule has 0 saturated carbocycles. The van der Waals surface area contributed by atoms with Crippen molar-refractivity contribution in [2.24, 2.45) is 11.8 Å². The highest BCUT2D eigenvalue weighted by Crippen LogP contribution is 2.31. The van der Waals surface area contributed by atoms with Crippen LogP contribution in [-0.4, -0.2) is 37.1 Å². The van der Waals surface area contributed by atoms with Gasteiger partial charge < -0.3 is 4.90 Å². The van der Waals surface area contributed by atoms with Gasteiger partial charge in [-0.3, -0.25) is 10.9 Å². The van der Waals surface area contributed by atoms with E-state index in [4.69, 9.17) is 0 Å². The van der Waals surface area contributed by atoms with Gasteiger partial charge in [0.15, 0.2) is 0 Å². The molecule has 3 unspecified atom stereocenters. The van der Waals surface area contributed by atoms with E-state index in [1.54, 1.807) is 0 Å². The van der Waals surface area contributed by atoms with Gasteiger partial charge in [0.05, 0.1) is 0 Å². The fourth-order valence-corrected chi connectivity index (χ4v) is 4.17. The Bertz CT molecular complexity index is 468. The highest BCUT2D eigenvalue weighted by Gasteiger charge is 2.36. The van der Waals surface area contributed by atoms with Gasteiger partial charge in [0, 0.05) is 31.6 Å². The summed E-state index contributed by atoms with van der Waals surface area (Å²) in [6.45, 7) is 11.6. The minimum absolute atomic E-state index is 0.567. The van der Waals surface area contributed by atoms with E-state index in [1.165, 1.54) is 43.6 Å². The SMILES string of the molecule is Cc1ccc(C2CNNC2C2CCCN(CC(C)C)C2)cc1. The quantitative estimate of drug-likeness (QED) is 0.895. The number of likely N-dealkylation sites (tertiary alicyclic amines) is 1. The number of piperidine rings is 1. The zero-order valence-corrected chi connectivity index (χ0v) is 14.3. The maximum Gasteiger partial charge on any atom is 0.0334 e. The highest BCUT2D eigenvalue weighted by atomic mass is 15.4. The first-order valence-corrected chi connectivity index (χ1v) is 8.91. The minimum atomic E-state index is 0.567. The molecule has 3 heteroatoms. The molecule has 3 atom stereocenters. The molecule has 2 aliphatic rings. The predicted molar refractivity (Wildman–Crippen MR) is 92.8 cm³/mol. The van der Waals surface area contributed by atoms with E-state index in [9.17, 15) is 0 Å². The van der Waals surface area contributed by atoms with Crippen LogP contribution in [0.2, 0.25) is 0 Å². The largest absolute Gasteiger partial charge is 0.303 e. The van der Waals surface area contributed by atoms with Crippen molar-refractivity contribution in [3.8, 4) is 0 Å². The number of nitrogens with one attached hydrogen (secondary N) is 2.